The number of rotatable bonds is 8. The van der Waals surface area contributed by atoms with E-state index in [9.17, 15) is 18.0 Å². The first-order valence-corrected chi connectivity index (χ1v) is 14.9. The van der Waals surface area contributed by atoms with Gasteiger partial charge >= 0.3 is 11.9 Å². The molecule has 14 heteroatoms. The fraction of sp³-hybridized carbons (Fsp3) is 0.387. The fourth-order valence-corrected chi connectivity index (χ4v) is 5.98. The maximum atomic E-state index is 13.4. The molecule has 5 aromatic rings. The second-order valence-electron chi connectivity index (χ2n) is 11.5. The molecule has 11 nitrogen and oxygen atoms in total. The van der Waals surface area contributed by atoms with Crippen LogP contribution in [-0.2, 0) is 17.5 Å². The lowest BCUT2D eigenvalue weighted by atomic mass is 9.80. The SMILES string of the molecule is C[C@@H](Nc1nc(-c2noc(=O)[nH]2)nc2nc(N3CCOC[C@H]3c3ccccc3)n(Cc3ccc(C(F)(F)F)cc3)c12)C1CCC1. The molecule has 1 aliphatic carbocycles. The van der Waals surface area contributed by atoms with Crippen LogP contribution in [-0.4, -0.2) is 55.5 Å². The molecule has 2 atom stereocenters. The number of hydrogen-bond donors (Lipinski definition) is 2. The molecule has 7 rings (SSSR count). The van der Waals surface area contributed by atoms with Crippen molar-refractivity contribution in [2.24, 2.45) is 5.92 Å². The Morgan fingerprint density at radius 2 is 1.84 bits per heavy atom. The van der Waals surface area contributed by atoms with Gasteiger partial charge in [-0.05, 0) is 48.9 Å². The van der Waals surface area contributed by atoms with Crippen molar-refractivity contribution in [1.82, 2.24) is 29.7 Å². The number of nitrogens with zero attached hydrogens (tertiary/aromatic N) is 6. The molecule has 0 bridgehead atoms. The molecule has 0 amide bonds. The third-order valence-electron chi connectivity index (χ3n) is 8.65. The van der Waals surface area contributed by atoms with Crippen LogP contribution in [0.15, 0.2) is 63.9 Å². The lowest BCUT2D eigenvalue weighted by molar-refractivity contribution is -0.137. The predicted molar refractivity (Wildman–Crippen MR) is 160 cm³/mol. The quantitative estimate of drug-likeness (QED) is 0.234. The smallest absolute Gasteiger partial charge is 0.377 e. The van der Waals surface area contributed by atoms with E-state index < -0.39 is 17.5 Å². The van der Waals surface area contributed by atoms with Crippen LogP contribution in [0.3, 0.4) is 0 Å². The largest absolute Gasteiger partial charge is 0.439 e. The maximum absolute atomic E-state index is 13.4. The first-order chi connectivity index (χ1) is 21.7. The number of H-pyrrole nitrogens is 1. The van der Waals surface area contributed by atoms with Crippen LogP contribution < -0.4 is 16.0 Å². The van der Waals surface area contributed by atoms with Gasteiger partial charge in [0.05, 0.1) is 31.4 Å². The summed E-state index contributed by atoms with van der Waals surface area (Å²) in [7, 11) is 0. The highest BCUT2D eigenvalue weighted by atomic mass is 19.4. The van der Waals surface area contributed by atoms with E-state index in [0.717, 1.165) is 37.0 Å². The van der Waals surface area contributed by atoms with Gasteiger partial charge in [-0.3, -0.25) is 9.51 Å². The minimum absolute atomic E-state index is 0.0635. The number of morpholine rings is 1. The zero-order valence-electron chi connectivity index (χ0n) is 24.4. The van der Waals surface area contributed by atoms with Gasteiger partial charge in [0.1, 0.15) is 5.52 Å². The van der Waals surface area contributed by atoms with Crippen LogP contribution >= 0.6 is 0 Å². The zero-order valence-corrected chi connectivity index (χ0v) is 24.4. The van der Waals surface area contributed by atoms with Crippen molar-refractivity contribution in [3.8, 4) is 11.6 Å². The Morgan fingerprint density at radius 3 is 2.51 bits per heavy atom. The third kappa shape index (κ3) is 5.77. The summed E-state index contributed by atoms with van der Waals surface area (Å²) in [5, 5.41) is 7.36. The van der Waals surface area contributed by atoms with E-state index in [2.05, 4.69) is 32.3 Å². The molecular formula is C31H31F3N8O3. The van der Waals surface area contributed by atoms with Gasteiger partial charge in [0.2, 0.25) is 17.6 Å². The number of imidazole rings is 1. The molecule has 234 valence electrons. The van der Waals surface area contributed by atoms with E-state index in [4.69, 9.17) is 19.2 Å². The van der Waals surface area contributed by atoms with Gasteiger partial charge in [-0.2, -0.15) is 18.2 Å². The molecule has 1 aliphatic heterocycles. The fourth-order valence-electron chi connectivity index (χ4n) is 5.98. The van der Waals surface area contributed by atoms with E-state index in [0.29, 0.717) is 54.2 Å². The highest BCUT2D eigenvalue weighted by molar-refractivity contribution is 5.87. The summed E-state index contributed by atoms with van der Waals surface area (Å²) in [6.45, 7) is 3.72. The zero-order chi connectivity index (χ0) is 31.1. The molecule has 1 saturated heterocycles. The number of alkyl halides is 3. The number of fused-ring (bicyclic) bond motifs is 1. The minimum Gasteiger partial charge on any atom is -0.377 e. The second-order valence-corrected chi connectivity index (χ2v) is 11.5. The van der Waals surface area contributed by atoms with Crippen molar-refractivity contribution < 1.29 is 22.4 Å². The molecule has 0 radical (unpaired) electrons. The first kappa shape index (κ1) is 29.0. The monoisotopic (exact) mass is 620 g/mol. The second kappa shape index (κ2) is 11.7. The summed E-state index contributed by atoms with van der Waals surface area (Å²) in [4.78, 5) is 30.9. The summed E-state index contributed by atoms with van der Waals surface area (Å²) in [6.07, 6.45) is -1.10. The number of halogens is 3. The van der Waals surface area contributed by atoms with Crippen molar-refractivity contribution in [3.05, 3.63) is 81.8 Å². The van der Waals surface area contributed by atoms with Gasteiger partial charge in [0.25, 0.3) is 0 Å². The Hall–Kier alpha value is -4.72. The van der Waals surface area contributed by atoms with Gasteiger partial charge < -0.3 is 19.5 Å². The van der Waals surface area contributed by atoms with Crippen LogP contribution in [0.25, 0.3) is 22.8 Å². The van der Waals surface area contributed by atoms with Gasteiger partial charge in [-0.15, -0.1) is 0 Å². The molecule has 2 aliphatic rings. The van der Waals surface area contributed by atoms with Crippen molar-refractivity contribution >= 4 is 22.9 Å². The summed E-state index contributed by atoms with van der Waals surface area (Å²) < 4.78 is 52.7. The predicted octanol–water partition coefficient (Wildman–Crippen LogP) is 5.42. The van der Waals surface area contributed by atoms with Gasteiger partial charge in [0.15, 0.2) is 11.5 Å². The van der Waals surface area contributed by atoms with Crippen LogP contribution in [0.4, 0.5) is 24.9 Å². The number of anilines is 2. The number of hydrogen-bond acceptors (Lipinski definition) is 9. The molecule has 2 N–H and O–H groups in total. The molecule has 0 spiro atoms. The molecule has 45 heavy (non-hydrogen) atoms. The summed E-state index contributed by atoms with van der Waals surface area (Å²) >= 11 is 0. The van der Waals surface area contributed by atoms with Crippen molar-refractivity contribution in [2.45, 2.75) is 51.0 Å². The van der Waals surface area contributed by atoms with Crippen LogP contribution in [0, 0.1) is 5.92 Å². The molecule has 0 unspecified atom stereocenters. The lowest BCUT2D eigenvalue weighted by Gasteiger charge is -2.37. The van der Waals surface area contributed by atoms with Crippen molar-refractivity contribution in [3.63, 3.8) is 0 Å². The van der Waals surface area contributed by atoms with Crippen LogP contribution in [0.1, 0.15) is 48.9 Å². The van der Waals surface area contributed by atoms with Crippen LogP contribution in [0.5, 0.6) is 0 Å². The molecule has 4 heterocycles. The van der Waals surface area contributed by atoms with E-state index >= 15 is 0 Å². The highest BCUT2D eigenvalue weighted by Gasteiger charge is 2.33. The average Bonchev–Trinajstić information content (AvgIpc) is 3.60. The number of aromatic amines is 1. The lowest BCUT2D eigenvalue weighted by Crippen LogP contribution is -2.41. The number of aromatic nitrogens is 6. The standard InChI is InChI=1S/C31H31F3N8O3/c1-18(20-8-5-9-20)35-25-24-26(37-27(36-25)28-39-30(43)45-40-28)38-29(41-14-15-44-17-23(41)21-6-3-2-4-7-21)42(24)16-19-10-12-22(13-11-19)31(32,33)34/h2-4,6-7,10-13,18,20,23H,5,8-9,14-17H2,1H3,(H,35,36,37)(H,39,40,43)/t18-,23+/m1/s1. The molecule has 3 aromatic heterocycles. The molecule has 1 saturated carbocycles. The Labute approximate surface area is 255 Å². The summed E-state index contributed by atoms with van der Waals surface area (Å²) in [5.74, 6) is 0.962. The number of nitrogens with one attached hydrogen (secondary N) is 2. The Kier molecular flexibility index (Phi) is 7.51. The highest BCUT2D eigenvalue weighted by Crippen LogP contribution is 2.37. The molecular weight excluding hydrogens is 589 g/mol. The van der Waals surface area contributed by atoms with Gasteiger partial charge in [-0.1, -0.05) is 54.0 Å². The Bertz CT molecular complexity index is 1850. The van der Waals surface area contributed by atoms with Gasteiger partial charge in [0, 0.05) is 12.6 Å². The summed E-state index contributed by atoms with van der Waals surface area (Å²) in [5.41, 5.74) is 1.90. The Balaban J connectivity index is 1.41. The number of benzene rings is 2. The average molecular weight is 621 g/mol. The molecule has 2 aromatic carbocycles. The third-order valence-corrected chi connectivity index (χ3v) is 8.65. The van der Waals surface area contributed by atoms with Crippen molar-refractivity contribution in [2.75, 3.05) is 30.0 Å². The minimum atomic E-state index is -4.44. The first-order valence-electron chi connectivity index (χ1n) is 14.9. The van der Waals surface area contributed by atoms with E-state index in [1.54, 1.807) is 0 Å². The van der Waals surface area contributed by atoms with E-state index in [1.807, 2.05) is 34.9 Å². The van der Waals surface area contributed by atoms with Crippen LogP contribution in [0.2, 0.25) is 0 Å². The summed E-state index contributed by atoms with van der Waals surface area (Å²) in [6, 6.07) is 15.0. The van der Waals surface area contributed by atoms with E-state index in [-0.39, 0.29) is 30.3 Å². The maximum Gasteiger partial charge on any atom is 0.439 e. The van der Waals surface area contributed by atoms with Crippen molar-refractivity contribution in [1.29, 1.82) is 0 Å². The van der Waals surface area contributed by atoms with Gasteiger partial charge in [-0.25, -0.2) is 14.8 Å². The van der Waals surface area contributed by atoms with E-state index in [1.165, 1.54) is 12.1 Å². The molecule has 2 fully saturated rings. The number of ether oxygens (including phenoxy) is 1. The normalized spacial score (nSPS) is 18.2. The topological polar surface area (TPSA) is 127 Å². The Morgan fingerprint density at radius 1 is 1.07 bits per heavy atom.